The summed E-state index contributed by atoms with van der Waals surface area (Å²) in [5.74, 6) is -0.858. The Labute approximate surface area is 125 Å². The molecule has 1 aliphatic rings. The molecule has 0 heterocycles. The summed E-state index contributed by atoms with van der Waals surface area (Å²) in [7, 11) is 0. The summed E-state index contributed by atoms with van der Waals surface area (Å²) in [6.07, 6.45) is 0.330. The molecule has 1 atom stereocenters. The predicted molar refractivity (Wildman–Crippen MR) is 73.9 cm³/mol. The number of carbonyl (C=O) groups is 2. The maximum Gasteiger partial charge on any atom is 0.315 e. The number of carbonyl (C=O) groups excluding carboxylic acids is 2. The number of hydrogen-bond acceptors (Lipinski definition) is 3. The van der Waals surface area contributed by atoms with Gasteiger partial charge >= 0.3 is 5.97 Å². The van der Waals surface area contributed by atoms with Crippen LogP contribution in [-0.4, -0.2) is 22.7 Å². The molecule has 19 heavy (non-hydrogen) atoms. The molecule has 0 aliphatic heterocycles. The molecule has 0 N–H and O–H groups in total. The lowest BCUT2D eigenvalue weighted by atomic mass is 10.1. The Bertz CT molecular complexity index is 524. The lowest BCUT2D eigenvalue weighted by Gasteiger charge is -2.11. The van der Waals surface area contributed by atoms with Crippen LogP contribution in [0.25, 0.3) is 0 Å². The topological polar surface area (TPSA) is 43.4 Å². The molecule has 102 valence electrons. The summed E-state index contributed by atoms with van der Waals surface area (Å²) in [6.45, 7) is 1.28. The van der Waals surface area contributed by atoms with Crippen LogP contribution in [0.5, 0.6) is 0 Å². The van der Waals surface area contributed by atoms with Crippen molar-refractivity contribution in [3.05, 3.63) is 34.9 Å². The molecule has 0 amide bonds. The van der Waals surface area contributed by atoms with Crippen LogP contribution < -0.4 is 0 Å². The van der Waals surface area contributed by atoms with Gasteiger partial charge in [0.2, 0.25) is 0 Å². The van der Waals surface area contributed by atoms with Crippen LogP contribution in [0.3, 0.4) is 0 Å². The summed E-state index contributed by atoms with van der Waals surface area (Å²) in [6, 6.07) is 6.35. The molecule has 1 aromatic rings. The van der Waals surface area contributed by atoms with Crippen LogP contribution in [0, 0.1) is 5.41 Å². The van der Waals surface area contributed by atoms with Gasteiger partial charge in [-0.25, -0.2) is 0 Å². The molecule has 3 nitrogen and oxygen atoms in total. The number of ketones is 1. The largest absolute Gasteiger partial charge is 0.457 e. The fraction of sp³-hybridized carbons (Fsp3) is 0.385. The number of ether oxygens (including phenoxy) is 1. The number of benzene rings is 1. The lowest BCUT2D eigenvalue weighted by molar-refractivity contribution is -0.148. The van der Waals surface area contributed by atoms with E-state index in [-0.39, 0.29) is 12.4 Å². The highest BCUT2D eigenvalue weighted by atomic mass is 35.5. The second-order valence-corrected chi connectivity index (χ2v) is 6.64. The Hall–Kier alpha value is -0.770. The smallest absolute Gasteiger partial charge is 0.315 e. The Kier molecular flexibility index (Phi) is 3.83. The monoisotopic (exact) mass is 320 g/mol. The van der Waals surface area contributed by atoms with Crippen molar-refractivity contribution in [2.75, 3.05) is 6.61 Å². The predicted octanol–water partition coefficient (Wildman–Crippen LogP) is 3.65. The molecule has 1 fully saturated rings. The molecular formula is C13H11Cl3O3. The van der Waals surface area contributed by atoms with Crippen LogP contribution in [-0.2, 0) is 9.53 Å². The van der Waals surface area contributed by atoms with Gasteiger partial charge in [-0.2, -0.15) is 0 Å². The van der Waals surface area contributed by atoms with Gasteiger partial charge in [0.25, 0.3) is 0 Å². The highest BCUT2D eigenvalue weighted by molar-refractivity contribution is 6.53. The van der Waals surface area contributed by atoms with Gasteiger partial charge < -0.3 is 4.74 Å². The summed E-state index contributed by atoms with van der Waals surface area (Å²) in [5.41, 5.74) is -0.489. The van der Waals surface area contributed by atoms with Crippen molar-refractivity contribution >= 4 is 46.6 Å². The van der Waals surface area contributed by atoms with Gasteiger partial charge in [-0.3, -0.25) is 9.59 Å². The molecule has 0 unspecified atom stereocenters. The van der Waals surface area contributed by atoms with Crippen LogP contribution in [0.1, 0.15) is 23.7 Å². The SMILES string of the molecule is C[C@@]1(C(=O)OCC(=O)c2ccc(Cl)cc2)CC1(Cl)Cl. The Balaban J connectivity index is 1.91. The van der Waals surface area contributed by atoms with Crippen molar-refractivity contribution in [2.45, 2.75) is 17.7 Å². The molecule has 6 heteroatoms. The number of rotatable bonds is 4. The van der Waals surface area contributed by atoms with Crippen LogP contribution in [0.4, 0.5) is 0 Å². The molecule has 0 radical (unpaired) electrons. The molecular weight excluding hydrogens is 310 g/mol. The van der Waals surface area contributed by atoms with E-state index in [0.717, 1.165) is 0 Å². The van der Waals surface area contributed by atoms with E-state index in [1.807, 2.05) is 0 Å². The van der Waals surface area contributed by atoms with Crippen LogP contribution in [0.2, 0.25) is 5.02 Å². The van der Waals surface area contributed by atoms with Crippen molar-refractivity contribution in [2.24, 2.45) is 5.41 Å². The van der Waals surface area contributed by atoms with Gasteiger partial charge in [0.15, 0.2) is 12.4 Å². The van der Waals surface area contributed by atoms with E-state index in [4.69, 9.17) is 39.5 Å². The fourth-order valence-corrected chi connectivity index (χ4v) is 2.45. The number of alkyl halides is 2. The van der Waals surface area contributed by atoms with Gasteiger partial charge in [-0.05, 0) is 31.2 Å². The van der Waals surface area contributed by atoms with E-state index in [2.05, 4.69) is 0 Å². The maximum atomic E-state index is 11.8. The van der Waals surface area contributed by atoms with E-state index in [0.29, 0.717) is 17.0 Å². The van der Waals surface area contributed by atoms with Crippen molar-refractivity contribution in [3.8, 4) is 0 Å². The summed E-state index contributed by atoms with van der Waals surface area (Å²) in [5, 5.41) is 0.535. The number of halogens is 3. The average molecular weight is 322 g/mol. The molecule has 0 bridgehead atoms. The van der Waals surface area contributed by atoms with Gasteiger partial charge in [-0.15, -0.1) is 23.2 Å². The summed E-state index contributed by atoms with van der Waals surface area (Å²) >= 11 is 17.4. The van der Waals surface area contributed by atoms with Crippen molar-refractivity contribution in [1.82, 2.24) is 0 Å². The zero-order chi connectivity index (χ0) is 14.3. The first-order valence-electron chi connectivity index (χ1n) is 5.60. The van der Waals surface area contributed by atoms with Crippen LogP contribution in [0.15, 0.2) is 24.3 Å². The first kappa shape index (κ1) is 14.6. The van der Waals surface area contributed by atoms with Gasteiger partial charge in [0, 0.05) is 17.0 Å². The zero-order valence-corrected chi connectivity index (χ0v) is 12.4. The molecule has 2 rings (SSSR count). The average Bonchev–Trinajstić information content (AvgIpc) is 2.87. The Morgan fingerprint density at radius 3 is 2.26 bits per heavy atom. The van der Waals surface area contributed by atoms with Crippen LogP contribution >= 0.6 is 34.8 Å². The molecule has 0 saturated heterocycles. The quantitative estimate of drug-likeness (QED) is 0.483. The minimum atomic E-state index is -1.09. The van der Waals surface area contributed by atoms with E-state index in [9.17, 15) is 9.59 Å². The first-order valence-corrected chi connectivity index (χ1v) is 6.73. The van der Waals surface area contributed by atoms with E-state index < -0.39 is 15.7 Å². The minimum Gasteiger partial charge on any atom is -0.457 e. The second kappa shape index (κ2) is 4.97. The third-order valence-corrected chi connectivity index (χ3v) is 4.56. The molecule has 1 aromatic carbocycles. The molecule has 0 spiro atoms. The standard InChI is InChI=1S/C13H11Cl3O3/c1-12(7-13(12,15)16)11(18)19-6-10(17)8-2-4-9(14)5-3-8/h2-5H,6-7H2,1H3/t12-/m0/s1. The second-order valence-electron chi connectivity index (χ2n) is 4.72. The Morgan fingerprint density at radius 2 is 1.79 bits per heavy atom. The van der Waals surface area contributed by atoms with E-state index in [1.54, 1.807) is 31.2 Å². The first-order chi connectivity index (χ1) is 8.76. The maximum absolute atomic E-state index is 11.8. The zero-order valence-electron chi connectivity index (χ0n) is 10.1. The normalized spacial score (nSPS) is 23.8. The van der Waals surface area contributed by atoms with Crippen molar-refractivity contribution < 1.29 is 14.3 Å². The molecule has 1 aliphatic carbocycles. The van der Waals surface area contributed by atoms with E-state index >= 15 is 0 Å². The highest BCUT2D eigenvalue weighted by Gasteiger charge is 2.69. The number of esters is 1. The lowest BCUT2D eigenvalue weighted by Crippen LogP contribution is -2.24. The summed E-state index contributed by atoms with van der Waals surface area (Å²) < 4.78 is 3.87. The van der Waals surface area contributed by atoms with Crippen molar-refractivity contribution in [3.63, 3.8) is 0 Å². The van der Waals surface area contributed by atoms with E-state index in [1.165, 1.54) is 0 Å². The molecule has 0 aromatic heterocycles. The third kappa shape index (κ3) is 2.88. The number of hydrogen-bond donors (Lipinski definition) is 0. The number of Topliss-reactive ketones (excluding diaryl/α,β-unsaturated/α-hetero) is 1. The van der Waals surface area contributed by atoms with Crippen molar-refractivity contribution in [1.29, 1.82) is 0 Å². The van der Waals surface area contributed by atoms with Gasteiger partial charge in [-0.1, -0.05) is 11.6 Å². The molecule has 1 saturated carbocycles. The highest BCUT2D eigenvalue weighted by Crippen LogP contribution is 2.64. The van der Waals surface area contributed by atoms with Gasteiger partial charge in [0.05, 0.1) is 0 Å². The summed E-state index contributed by atoms with van der Waals surface area (Å²) in [4.78, 5) is 23.6. The van der Waals surface area contributed by atoms with Gasteiger partial charge in [0.1, 0.15) is 9.75 Å². The minimum absolute atomic E-state index is 0.302. The Morgan fingerprint density at radius 1 is 1.26 bits per heavy atom. The third-order valence-electron chi connectivity index (χ3n) is 3.21. The fourth-order valence-electron chi connectivity index (χ4n) is 1.63.